The molecule has 11 heavy (non-hydrogen) atoms. The molecular formula is C7H11N3S. The molecule has 0 amide bonds. The smallest absolute Gasteiger partial charge is 0.205 e. The molecular weight excluding hydrogens is 158 g/mol. The molecule has 1 N–H and O–H groups in total. The molecule has 0 aliphatic rings. The Morgan fingerprint density at radius 3 is 3.00 bits per heavy atom. The molecule has 0 unspecified atom stereocenters. The van der Waals surface area contributed by atoms with E-state index >= 15 is 0 Å². The van der Waals surface area contributed by atoms with Crippen LogP contribution in [0.3, 0.4) is 0 Å². The van der Waals surface area contributed by atoms with Gasteiger partial charge in [0.15, 0.2) is 0 Å². The van der Waals surface area contributed by atoms with Crippen LogP contribution in [0, 0.1) is 0 Å². The SMILES string of the molecule is C=CCNc1nnc(CC)s1. The van der Waals surface area contributed by atoms with Crippen LogP contribution in [0.2, 0.25) is 0 Å². The number of hydrogen-bond donors (Lipinski definition) is 1. The number of anilines is 1. The van der Waals surface area contributed by atoms with Crippen LogP contribution >= 0.6 is 11.3 Å². The van der Waals surface area contributed by atoms with Crippen molar-refractivity contribution in [3.63, 3.8) is 0 Å². The Labute approximate surface area is 70.2 Å². The van der Waals surface area contributed by atoms with Crippen molar-refractivity contribution in [2.45, 2.75) is 13.3 Å². The first kappa shape index (κ1) is 8.20. The van der Waals surface area contributed by atoms with Crippen molar-refractivity contribution in [1.29, 1.82) is 0 Å². The summed E-state index contributed by atoms with van der Waals surface area (Å²) in [6, 6.07) is 0. The van der Waals surface area contributed by atoms with Gasteiger partial charge in [0.05, 0.1) is 0 Å². The zero-order chi connectivity index (χ0) is 8.10. The van der Waals surface area contributed by atoms with Crippen LogP contribution in [0.1, 0.15) is 11.9 Å². The molecule has 0 saturated heterocycles. The monoisotopic (exact) mass is 169 g/mol. The van der Waals surface area contributed by atoms with E-state index in [1.807, 2.05) is 0 Å². The summed E-state index contributed by atoms with van der Waals surface area (Å²) in [6.45, 7) is 6.41. The number of nitrogens with one attached hydrogen (secondary N) is 1. The van der Waals surface area contributed by atoms with Gasteiger partial charge in [0.25, 0.3) is 0 Å². The molecule has 0 aromatic carbocycles. The van der Waals surface area contributed by atoms with Gasteiger partial charge in [-0.2, -0.15) is 0 Å². The van der Waals surface area contributed by atoms with Gasteiger partial charge in [0, 0.05) is 6.54 Å². The van der Waals surface area contributed by atoms with Crippen molar-refractivity contribution in [3.05, 3.63) is 17.7 Å². The predicted octanol–water partition coefficient (Wildman–Crippen LogP) is 1.70. The van der Waals surface area contributed by atoms with Crippen molar-refractivity contribution >= 4 is 16.5 Å². The molecule has 1 aromatic rings. The average molecular weight is 169 g/mol. The van der Waals surface area contributed by atoms with E-state index in [0.717, 1.165) is 23.1 Å². The minimum absolute atomic E-state index is 0.748. The molecule has 60 valence electrons. The first-order valence-corrected chi connectivity index (χ1v) is 4.35. The lowest BCUT2D eigenvalue weighted by Crippen LogP contribution is -1.96. The van der Waals surface area contributed by atoms with Gasteiger partial charge in [-0.25, -0.2) is 0 Å². The zero-order valence-electron chi connectivity index (χ0n) is 6.50. The number of rotatable bonds is 4. The Morgan fingerprint density at radius 1 is 1.64 bits per heavy atom. The van der Waals surface area contributed by atoms with Crippen LogP contribution in [-0.2, 0) is 6.42 Å². The Balaban J connectivity index is 2.50. The fourth-order valence-corrected chi connectivity index (χ4v) is 1.31. The standard InChI is InChI=1S/C7H11N3S/c1-3-5-8-7-10-9-6(4-2)11-7/h3H,1,4-5H2,2H3,(H,8,10). The summed E-state index contributed by atoms with van der Waals surface area (Å²) in [5.41, 5.74) is 0. The van der Waals surface area contributed by atoms with Gasteiger partial charge in [-0.3, -0.25) is 0 Å². The summed E-state index contributed by atoms with van der Waals surface area (Å²) in [7, 11) is 0. The third kappa shape index (κ3) is 2.31. The van der Waals surface area contributed by atoms with Crippen molar-refractivity contribution in [1.82, 2.24) is 10.2 Å². The van der Waals surface area contributed by atoms with Crippen molar-refractivity contribution in [3.8, 4) is 0 Å². The molecule has 3 nitrogen and oxygen atoms in total. The fraction of sp³-hybridized carbons (Fsp3) is 0.429. The van der Waals surface area contributed by atoms with Crippen LogP contribution < -0.4 is 5.32 Å². The van der Waals surface area contributed by atoms with E-state index in [-0.39, 0.29) is 0 Å². The lowest BCUT2D eigenvalue weighted by molar-refractivity contribution is 0.982. The Kier molecular flexibility index (Phi) is 3.04. The predicted molar refractivity (Wildman–Crippen MR) is 48.0 cm³/mol. The van der Waals surface area contributed by atoms with Crippen LogP contribution in [0.15, 0.2) is 12.7 Å². The summed E-state index contributed by atoms with van der Waals surface area (Å²) >= 11 is 1.59. The summed E-state index contributed by atoms with van der Waals surface area (Å²) in [5.74, 6) is 0. The molecule has 0 fully saturated rings. The molecule has 4 heteroatoms. The molecule has 1 aromatic heterocycles. The van der Waals surface area contributed by atoms with Gasteiger partial charge < -0.3 is 5.32 Å². The van der Waals surface area contributed by atoms with E-state index in [0.29, 0.717) is 0 Å². The average Bonchev–Trinajstić information content (AvgIpc) is 2.48. The maximum absolute atomic E-state index is 3.96. The van der Waals surface area contributed by atoms with Crippen molar-refractivity contribution in [2.75, 3.05) is 11.9 Å². The van der Waals surface area contributed by atoms with Gasteiger partial charge in [0.1, 0.15) is 5.01 Å². The number of hydrogen-bond acceptors (Lipinski definition) is 4. The summed E-state index contributed by atoms with van der Waals surface area (Å²) in [5, 5.41) is 12.9. The second-order valence-corrected chi connectivity index (χ2v) is 3.09. The molecule has 0 bridgehead atoms. The third-order valence-electron chi connectivity index (χ3n) is 1.17. The number of nitrogens with zero attached hydrogens (tertiary/aromatic N) is 2. The molecule has 0 radical (unpaired) electrons. The lowest BCUT2D eigenvalue weighted by atomic mass is 10.5. The normalized spacial score (nSPS) is 9.55. The minimum atomic E-state index is 0.748. The van der Waals surface area contributed by atoms with Crippen LogP contribution in [0.5, 0.6) is 0 Å². The topological polar surface area (TPSA) is 37.8 Å². The maximum atomic E-state index is 3.96. The highest BCUT2D eigenvalue weighted by Crippen LogP contribution is 2.14. The van der Waals surface area contributed by atoms with Crippen LogP contribution in [-0.4, -0.2) is 16.7 Å². The molecule has 0 spiro atoms. The highest BCUT2D eigenvalue weighted by Gasteiger charge is 1.98. The third-order valence-corrected chi connectivity index (χ3v) is 2.19. The van der Waals surface area contributed by atoms with E-state index in [4.69, 9.17) is 0 Å². The molecule has 0 aliphatic heterocycles. The molecule has 1 rings (SSSR count). The molecule has 1 heterocycles. The molecule has 0 aliphatic carbocycles. The Hall–Kier alpha value is -0.900. The van der Waals surface area contributed by atoms with Gasteiger partial charge in [-0.05, 0) is 6.42 Å². The fourth-order valence-electron chi connectivity index (χ4n) is 0.627. The van der Waals surface area contributed by atoms with Gasteiger partial charge in [-0.15, -0.1) is 16.8 Å². The minimum Gasteiger partial charge on any atom is -0.357 e. The van der Waals surface area contributed by atoms with Crippen molar-refractivity contribution in [2.24, 2.45) is 0 Å². The number of aromatic nitrogens is 2. The highest BCUT2D eigenvalue weighted by atomic mass is 32.1. The first-order valence-electron chi connectivity index (χ1n) is 3.54. The Morgan fingerprint density at radius 2 is 2.45 bits per heavy atom. The maximum Gasteiger partial charge on any atom is 0.205 e. The van der Waals surface area contributed by atoms with Gasteiger partial charge in [-0.1, -0.05) is 24.3 Å². The van der Waals surface area contributed by atoms with E-state index in [1.54, 1.807) is 17.4 Å². The quantitative estimate of drug-likeness (QED) is 0.697. The zero-order valence-corrected chi connectivity index (χ0v) is 7.32. The van der Waals surface area contributed by atoms with E-state index in [1.165, 1.54) is 0 Å². The highest BCUT2D eigenvalue weighted by molar-refractivity contribution is 7.15. The van der Waals surface area contributed by atoms with Gasteiger partial charge in [0.2, 0.25) is 5.13 Å². The van der Waals surface area contributed by atoms with Crippen molar-refractivity contribution < 1.29 is 0 Å². The summed E-state index contributed by atoms with van der Waals surface area (Å²) in [4.78, 5) is 0. The number of aryl methyl sites for hydroxylation is 1. The van der Waals surface area contributed by atoms with Crippen LogP contribution in [0.25, 0.3) is 0 Å². The van der Waals surface area contributed by atoms with E-state index in [2.05, 4.69) is 29.0 Å². The summed E-state index contributed by atoms with van der Waals surface area (Å²) < 4.78 is 0. The second-order valence-electron chi connectivity index (χ2n) is 2.02. The van der Waals surface area contributed by atoms with E-state index < -0.39 is 0 Å². The lowest BCUT2D eigenvalue weighted by Gasteiger charge is -1.92. The molecule has 0 saturated carbocycles. The Bertz CT molecular complexity index is 231. The van der Waals surface area contributed by atoms with Gasteiger partial charge >= 0.3 is 0 Å². The molecule has 0 atom stereocenters. The van der Waals surface area contributed by atoms with E-state index in [9.17, 15) is 0 Å². The second kappa shape index (κ2) is 4.08. The van der Waals surface area contributed by atoms with Crippen LogP contribution in [0.4, 0.5) is 5.13 Å². The summed E-state index contributed by atoms with van der Waals surface area (Å²) in [6.07, 6.45) is 2.75. The first-order chi connectivity index (χ1) is 5.36. The largest absolute Gasteiger partial charge is 0.357 e.